The van der Waals surface area contributed by atoms with E-state index in [9.17, 15) is 9.59 Å². The first-order chi connectivity index (χ1) is 19.7. The topological polar surface area (TPSA) is 89.3 Å². The molecule has 3 aromatic carbocycles. The Bertz CT molecular complexity index is 1520. The van der Waals surface area contributed by atoms with Gasteiger partial charge in [0.05, 0.1) is 18.9 Å². The van der Waals surface area contributed by atoms with Crippen molar-refractivity contribution < 1.29 is 14.3 Å². The van der Waals surface area contributed by atoms with Crippen LogP contribution in [-0.2, 0) is 23.2 Å². The minimum Gasteiger partial charge on any atom is -0.494 e. The first-order valence-electron chi connectivity index (χ1n) is 13.8. The van der Waals surface area contributed by atoms with Gasteiger partial charge in [-0.15, -0.1) is 10.2 Å². The van der Waals surface area contributed by atoms with Crippen molar-refractivity contribution in [2.75, 3.05) is 23.8 Å². The lowest BCUT2D eigenvalue weighted by molar-refractivity contribution is -0.116. The van der Waals surface area contributed by atoms with E-state index in [4.69, 9.17) is 4.74 Å². The molecule has 8 nitrogen and oxygen atoms in total. The van der Waals surface area contributed by atoms with E-state index in [1.54, 1.807) is 0 Å². The lowest BCUT2D eigenvalue weighted by Gasteiger charge is -2.19. The summed E-state index contributed by atoms with van der Waals surface area (Å²) >= 11 is 1.34. The number of amides is 2. The highest BCUT2D eigenvalue weighted by Crippen LogP contribution is 2.30. The van der Waals surface area contributed by atoms with Crippen LogP contribution in [0.3, 0.4) is 0 Å². The summed E-state index contributed by atoms with van der Waals surface area (Å²) in [6.45, 7) is 9.79. The second-order valence-corrected chi connectivity index (χ2v) is 11.8. The molecule has 1 N–H and O–H groups in total. The molecule has 2 heterocycles. The second-order valence-electron chi connectivity index (χ2n) is 10.9. The number of anilines is 1. The van der Waals surface area contributed by atoms with Gasteiger partial charge >= 0.3 is 0 Å². The van der Waals surface area contributed by atoms with Crippen LogP contribution in [0.25, 0.3) is 5.69 Å². The quantitative estimate of drug-likeness (QED) is 0.265. The summed E-state index contributed by atoms with van der Waals surface area (Å²) in [7, 11) is 0. The fourth-order valence-corrected chi connectivity index (χ4v) is 5.66. The third-order valence-electron chi connectivity index (χ3n) is 7.04. The third kappa shape index (κ3) is 6.46. The minimum absolute atomic E-state index is 0.0107. The molecule has 1 aromatic heterocycles. The molecule has 0 saturated heterocycles. The molecule has 1 aliphatic rings. The Morgan fingerprint density at radius 3 is 2.41 bits per heavy atom. The molecular weight excluding hydrogens is 534 g/mol. The smallest absolute Gasteiger partial charge is 0.251 e. The number of hydrogen-bond acceptors (Lipinski definition) is 6. The molecule has 0 radical (unpaired) electrons. The van der Waals surface area contributed by atoms with E-state index < -0.39 is 0 Å². The Morgan fingerprint density at radius 2 is 1.71 bits per heavy atom. The van der Waals surface area contributed by atoms with Crippen molar-refractivity contribution >= 4 is 29.3 Å². The van der Waals surface area contributed by atoms with Gasteiger partial charge in [0.2, 0.25) is 5.91 Å². The molecular formula is C32H35N5O3S. The van der Waals surface area contributed by atoms with Crippen LogP contribution in [0.2, 0.25) is 0 Å². The van der Waals surface area contributed by atoms with Crippen LogP contribution in [-0.4, -0.2) is 45.5 Å². The maximum absolute atomic E-state index is 13.2. The molecule has 0 saturated carbocycles. The van der Waals surface area contributed by atoms with Crippen LogP contribution in [0.4, 0.5) is 5.69 Å². The second kappa shape index (κ2) is 12.2. The molecule has 0 fully saturated rings. The van der Waals surface area contributed by atoms with Crippen molar-refractivity contribution in [1.82, 2.24) is 20.1 Å². The summed E-state index contributed by atoms with van der Waals surface area (Å²) in [6.07, 6.45) is 0.859. The number of thioether (sulfide) groups is 1. The van der Waals surface area contributed by atoms with Gasteiger partial charge in [-0.2, -0.15) is 0 Å². The van der Waals surface area contributed by atoms with Crippen LogP contribution in [0.15, 0.2) is 78.0 Å². The zero-order valence-electron chi connectivity index (χ0n) is 23.9. The average Bonchev–Trinajstić information content (AvgIpc) is 3.59. The van der Waals surface area contributed by atoms with E-state index in [-0.39, 0.29) is 29.5 Å². The minimum atomic E-state index is -0.191. The number of nitrogens with zero attached hydrogens (tertiary/aromatic N) is 4. The number of hydrogen-bond donors (Lipinski definition) is 1. The molecule has 212 valence electrons. The van der Waals surface area contributed by atoms with Crippen molar-refractivity contribution in [2.45, 2.75) is 51.2 Å². The van der Waals surface area contributed by atoms with Crippen LogP contribution >= 0.6 is 11.8 Å². The van der Waals surface area contributed by atoms with Crippen molar-refractivity contribution in [3.63, 3.8) is 0 Å². The highest BCUT2D eigenvalue weighted by molar-refractivity contribution is 7.99. The Morgan fingerprint density at radius 1 is 0.976 bits per heavy atom. The van der Waals surface area contributed by atoms with Crippen LogP contribution in [0, 0.1) is 0 Å². The zero-order chi connectivity index (χ0) is 29.0. The number of para-hydroxylation sites is 1. The number of ether oxygens (including phenoxy) is 1. The molecule has 9 heteroatoms. The summed E-state index contributed by atoms with van der Waals surface area (Å²) in [5, 5.41) is 12.4. The summed E-state index contributed by atoms with van der Waals surface area (Å²) in [6, 6.07) is 23.3. The van der Waals surface area contributed by atoms with Crippen LogP contribution in [0.1, 0.15) is 55.0 Å². The van der Waals surface area contributed by atoms with Gasteiger partial charge in [-0.1, -0.05) is 62.9 Å². The Hall–Kier alpha value is -4.11. The fraction of sp³-hybridized carbons (Fsp3) is 0.312. The van der Waals surface area contributed by atoms with Gasteiger partial charge in [-0.25, -0.2) is 0 Å². The summed E-state index contributed by atoms with van der Waals surface area (Å²) in [4.78, 5) is 28.0. The molecule has 1 aliphatic heterocycles. The first kappa shape index (κ1) is 28.4. The van der Waals surface area contributed by atoms with E-state index in [1.807, 2.05) is 83.1 Å². The van der Waals surface area contributed by atoms with Gasteiger partial charge in [-0.3, -0.25) is 14.2 Å². The van der Waals surface area contributed by atoms with Crippen molar-refractivity contribution in [3.8, 4) is 11.4 Å². The standard InChI is InChI=1S/C32H35N5O3S/c1-5-40-26-16-14-25(15-17-26)37-28(20-33-30(39)23-10-12-24(13-11-23)32(2,3)4)34-35-31(37)41-21-29(38)36-19-18-22-8-6-7-9-27(22)36/h6-17H,5,18-21H2,1-4H3,(H,33,39). The molecule has 0 unspecified atom stereocenters. The molecule has 41 heavy (non-hydrogen) atoms. The Labute approximate surface area is 245 Å². The van der Waals surface area contributed by atoms with Gasteiger partial charge in [-0.05, 0) is 72.4 Å². The number of nitrogens with one attached hydrogen (secondary N) is 1. The largest absolute Gasteiger partial charge is 0.494 e. The van der Waals surface area contributed by atoms with Gasteiger partial charge in [0, 0.05) is 23.5 Å². The fourth-order valence-electron chi connectivity index (χ4n) is 4.81. The van der Waals surface area contributed by atoms with Crippen LogP contribution < -0.4 is 15.0 Å². The van der Waals surface area contributed by atoms with Gasteiger partial charge in [0.1, 0.15) is 5.75 Å². The molecule has 0 spiro atoms. The van der Waals surface area contributed by atoms with E-state index in [1.165, 1.54) is 17.3 Å². The SMILES string of the molecule is CCOc1ccc(-n2c(CNC(=O)c3ccc(C(C)(C)C)cc3)nnc2SCC(=O)N2CCc3ccccc32)cc1. The van der Waals surface area contributed by atoms with Gasteiger partial charge < -0.3 is 15.0 Å². The normalized spacial score (nSPS) is 12.7. The molecule has 2 amide bonds. The lowest BCUT2D eigenvalue weighted by atomic mass is 9.87. The Kier molecular flexibility index (Phi) is 8.44. The number of carbonyl (C=O) groups excluding carboxylic acids is 2. The van der Waals surface area contributed by atoms with Crippen molar-refractivity contribution in [1.29, 1.82) is 0 Å². The number of carbonyl (C=O) groups is 2. The number of rotatable bonds is 9. The van der Waals surface area contributed by atoms with Crippen molar-refractivity contribution in [2.24, 2.45) is 0 Å². The monoisotopic (exact) mass is 569 g/mol. The molecule has 0 aliphatic carbocycles. The first-order valence-corrected chi connectivity index (χ1v) is 14.8. The predicted molar refractivity (Wildman–Crippen MR) is 162 cm³/mol. The van der Waals surface area contributed by atoms with Gasteiger partial charge in [0.15, 0.2) is 11.0 Å². The highest BCUT2D eigenvalue weighted by Gasteiger charge is 2.25. The number of benzene rings is 3. The van der Waals surface area contributed by atoms with Crippen molar-refractivity contribution in [3.05, 3.63) is 95.3 Å². The molecule has 4 aromatic rings. The zero-order valence-corrected chi connectivity index (χ0v) is 24.7. The highest BCUT2D eigenvalue weighted by atomic mass is 32.2. The summed E-state index contributed by atoms with van der Waals surface area (Å²) in [5.74, 6) is 1.37. The van der Waals surface area contributed by atoms with Gasteiger partial charge in [0.25, 0.3) is 5.91 Å². The summed E-state index contributed by atoms with van der Waals surface area (Å²) in [5.41, 5.74) is 4.74. The van der Waals surface area contributed by atoms with E-state index >= 15 is 0 Å². The predicted octanol–water partition coefficient (Wildman–Crippen LogP) is 5.57. The maximum Gasteiger partial charge on any atom is 0.251 e. The Balaban J connectivity index is 1.33. The molecule has 0 atom stereocenters. The van der Waals surface area contributed by atoms with Crippen LogP contribution in [0.5, 0.6) is 5.75 Å². The number of aromatic nitrogens is 3. The maximum atomic E-state index is 13.2. The van der Waals surface area contributed by atoms with E-state index in [0.29, 0.717) is 29.7 Å². The van der Waals surface area contributed by atoms with E-state index in [2.05, 4.69) is 42.4 Å². The number of fused-ring (bicyclic) bond motifs is 1. The lowest BCUT2D eigenvalue weighted by Crippen LogP contribution is -2.30. The summed E-state index contributed by atoms with van der Waals surface area (Å²) < 4.78 is 7.49. The van der Waals surface area contributed by atoms with E-state index in [0.717, 1.165) is 29.1 Å². The average molecular weight is 570 g/mol. The molecule has 0 bridgehead atoms. The molecule has 5 rings (SSSR count). The third-order valence-corrected chi connectivity index (χ3v) is 7.95.